The van der Waals surface area contributed by atoms with Gasteiger partial charge in [0.1, 0.15) is 6.61 Å². The van der Waals surface area contributed by atoms with E-state index >= 15 is 0 Å². The summed E-state index contributed by atoms with van der Waals surface area (Å²) in [7, 11) is 1.71. The molecule has 0 bridgehead atoms. The van der Waals surface area contributed by atoms with Crippen molar-refractivity contribution in [2.24, 2.45) is 4.99 Å². The van der Waals surface area contributed by atoms with Crippen molar-refractivity contribution in [2.45, 2.75) is 13.5 Å². The number of hydrogen-bond donors (Lipinski definition) is 2. The standard InChI is InChI=1S/C15H17Cl3N4OS/c1-9-13(24-8-22-9)7-21-15(19-2)20-3-4-23-14-11(17)5-10(16)6-12(14)18/h5-6,8H,3-4,7H2,1-2H3,(H2,19,20,21). The fourth-order valence-corrected chi connectivity index (χ4v) is 3.51. The molecule has 0 atom stereocenters. The average Bonchev–Trinajstić information content (AvgIpc) is 2.93. The first-order valence-corrected chi connectivity index (χ1v) is 9.13. The van der Waals surface area contributed by atoms with Gasteiger partial charge in [0.05, 0.1) is 34.3 Å². The molecule has 9 heteroatoms. The van der Waals surface area contributed by atoms with Gasteiger partial charge in [0.25, 0.3) is 0 Å². The molecule has 0 aliphatic carbocycles. The van der Waals surface area contributed by atoms with Gasteiger partial charge in [0, 0.05) is 16.9 Å². The highest BCUT2D eigenvalue weighted by atomic mass is 35.5. The lowest BCUT2D eigenvalue weighted by molar-refractivity contribution is 0.322. The fraction of sp³-hybridized carbons (Fsp3) is 0.333. The molecule has 2 rings (SSSR count). The predicted octanol–water partition coefficient (Wildman–Crippen LogP) is 4.16. The van der Waals surface area contributed by atoms with E-state index in [9.17, 15) is 0 Å². The van der Waals surface area contributed by atoms with Crippen LogP contribution in [0.4, 0.5) is 0 Å². The van der Waals surface area contributed by atoms with Gasteiger partial charge in [-0.25, -0.2) is 4.98 Å². The Balaban J connectivity index is 1.77. The van der Waals surface area contributed by atoms with Crippen LogP contribution in [-0.2, 0) is 6.54 Å². The molecule has 0 saturated heterocycles. The number of nitrogens with zero attached hydrogens (tertiary/aromatic N) is 2. The van der Waals surface area contributed by atoms with Crippen LogP contribution in [0.15, 0.2) is 22.6 Å². The Morgan fingerprint density at radius 3 is 2.54 bits per heavy atom. The molecule has 2 aromatic rings. The Bertz CT molecular complexity index is 697. The molecule has 1 heterocycles. The van der Waals surface area contributed by atoms with Crippen LogP contribution in [0.1, 0.15) is 10.6 Å². The third-order valence-electron chi connectivity index (χ3n) is 3.09. The number of benzene rings is 1. The smallest absolute Gasteiger partial charge is 0.191 e. The van der Waals surface area contributed by atoms with E-state index in [4.69, 9.17) is 39.5 Å². The predicted molar refractivity (Wildman–Crippen MR) is 102 cm³/mol. The van der Waals surface area contributed by atoms with Gasteiger partial charge in [-0.15, -0.1) is 11.3 Å². The van der Waals surface area contributed by atoms with Crippen LogP contribution < -0.4 is 15.4 Å². The minimum atomic E-state index is 0.376. The number of aryl methyl sites for hydroxylation is 1. The summed E-state index contributed by atoms with van der Waals surface area (Å²) in [5.74, 6) is 1.10. The molecule has 0 amide bonds. The monoisotopic (exact) mass is 406 g/mol. The third kappa shape index (κ3) is 5.41. The van der Waals surface area contributed by atoms with Gasteiger partial charge in [-0.2, -0.15) is 0 Å². The molecule has 0 saturated carbocycles. The summed E-state index contributed by atoms with van der Waals surface area (Å²) < 4.78 is 5.61. The van der Waals surface area contributed by atoms with Gasteiger partial charge in [0.15, 0.2) is 11.7 Å². The third-order valence-corrected chi connectivity index (χ3v) is 4.80. The zero-order valence-corrected chi connectivity index (χ0v) is 16.3. The van der Waals surface area contributed by atoms with Crippen LogP contribution in [0.2, 0.25) is 15.1 Å². The lowest BCUT2D eigenvalue weighted by Crippen LogP contribution is -2.38. The van der Waals surface area contributed by atoms with Crippen molar-refractivity contribution >= 4 is 52.1 Å². The van der Waals surface area contributed by atoms with Crippen molar-refractivity contribution in [2.75, 3.05) is 20.2 Å². The quantitative estimate of drug-likeness (QED) is 0.429. The molecule has 24 heavy (non-hydrogen) atoms. The van der Waals surface area contributed by atoms with Crippen molar-refractivity contribution in [3.63, 3.8) is 0 Å². The Morgan fingerprint density at radius 1 is 1.25 bits per heavy atom. The first-order valence-electron chi connectivity index (χ1n) is 7.12. The lowest BCUT2D eigenvalue weighted by atomic mass is 10.3. The van der Waals surface area contributed by atoms with Crippen molar-refractivity contribution in [1.82, 2.24) is 15.6 Å². The van der Waals surface area contributed by atoms with Gasteiger partial charge in [0.2, 0.25) is 0 Å². The van der Waals surface area contributed by atoms with E-state index in [1.165, 1.54) is 4.88 Å². The fourth-order valence-electron chi connectivity index (χ4n) is 1.87. The molecule has 0 spiro atoms. The highest BCUT2D eigenvalue weighted by Gasteiger charge is 2.09. The Kier molecular flexibility index (Phi) is 7.42. The zero-order valence-electron chi connectivity index (χ0n) is 13.2. The zero-order chi connectivity index (χ0) is 17.5. The maximum Gasteiger partial charge on any atom is 0.191 e. The summed E-state index contributed by atoms with van der Waals surface area (Å²) in [4.78, 5) is 9.55. The van der Waals surface area contributed by atoms with Crippen LogP contribution in [0, 0.1) is 6.92 Å². The number of nitrogens with one attached hydrogen (secondary N) is 2. The maximum atomic E-state index is 6.07. The van der Waals surface area contributed by atoms with E-state index in [2.05, 4.69) is 20.6 Å². The largest absolute Gasteiger partial charge is 0.489 e. The summed E-state index contributed by atoms with van der Waals surface area (Å²) in [6.45, 7) is 3.57. The van der Waals surface area contributed by atoms with Gasteiger partial charge in [-0.05, 0) is 19.1 Å². The normalized spacial score (nSPS) is 11.5. The van der Waals surface area contributed by atoms with Crippen molar-refractivity contribution in [3.8, 4) is 5.75 Å². The van der Waals surface area contributed by atoms with E-state index in [0.717, 1.165) is 5.69 Å². The molecule has 130 valence electrons. The Hall–Kier alpha value is -1.21. The Labute approximate surface area is 160 Å². The average molecular weight is 408 g/mol. The minimum absolute atomic E-state index is 0.376. The van der Waals surface area contributed by atoms with Crippen LogP contribution in [0.3, 0.4) is 0 Å². The van der Waals surface area contributed by atoms with Gasteiger partial charge < -0.3 is 15.4 Å². The van der Waals surface area contributed by atoms with Gasteiger partial charge in [-0.3, -0.25) is 4.99 Å². The summed E-state index contributed by atoms with van der Waals surface area (Å²) in [6, 6.07) is 3.19. The molecule has 0 aliphatic heterocycles. The van der Waals surface area contributed by atoms with Gasteiger partial charge >= 0.3 is 0 Å². The Morgan fingerprint density at radius 2 is 1.96 bits per heavy atom. The van der Waals surface area contributed by atoms with Crippen LogP contribution >= 0.6 is 46.1 Å². The summed E-state index contributed by atoms with van der Waals surface area (Å²) in [5, 5.41) is 7.62. The number of rotatable bonds is 6. The molecule has 0 radical (unpaired) electrons. The van der Waals surface area contributed by atoms with E-state index in [1.807, 2.05) is 12.4 Å². The van der Waals surface area contributed by atoms with Crippen molar-refractivity contribution in [1.29, 1.82) is 0 Å². The number of aromatic nitrogens is 1. The second-order valence-corrected chi connectivity index (χ2v) is 6.95. The summed E-state index contributed by atoms with van der Waals surface area (Å²) in [6.07, 6.45) is 0. The molecule has 2 N–H and O–H groups in total. The number of guanidine groups is 1. The van der Waals surface area contributed by atoms with Crippen LogP contribution in [0.5, 0.6) is 5.75 Å². The maximum absolute atomic E-state index is 6.07. The van der Waals surface area contributed by atoms with Crippen LogP contribution in [0.25, 0.3) is 0 Å². The molecule has 5 nitrogen and oxygen atoms in total. The number of hydrogen-bond acceptors (Lipinski definition) is 4. The van der Waals surface area contributed by atoms with Gasteiger partial charge in [-0.1, -0.05) is 34.8 Å². The molecule has 1 aromatic heterocycles. The van der Waals surface area contributed by atoms with E-state index in [0.29, 0.717) is 46.5 Å². The number of aliphatic imine (C=N–C) groups is 1. The molecule has 0 unspecified atom stereocenters. The van der Waals surface area contributed by atoms with Crippen molar-refractivity contribution in [3.05, 3.63) is 43.3 Å². The molecule has 0 aliphatic rings. The molecular weight excluding hydrogens is 391 g/mol. The molecule has 0 fully saturated rings. The first-order chi connectivity index (χ1) is 11.5. The minimum Gasteiger partial charge on any atom is -0.489 e. The second-order valence-electron chi connectivity index (χ2n) is 4.76. The van der Waals surface area contributed by atoms with Crippen molar-refractivity contribution < 1.29 is 4.74 Å². The number of halogens is 3. The highest BCUT2D eigenvalue weighted by Crippen LogP contribution is 2.35. The first kappa shape index (κ1) is 19.1. The van der Waals surface area contributed by atoms with E-state index in [-0.39, 0.29) is 0 Å². The van der Waals surface area contributed by atoms with Crippen LogP contribution in [-0.4, -0.2) is 31.1 Å². The molecular formula is C15H17Cl3N4OS. The van der Waals surface area contributed by atoms with E-state index in [1.54, 1.807) is 30.5 Å². The number of ether oxygens (including phenoxy) is 1. The lowest BCUT2D eigenvalue weighted by Gasteiger charge is -2.13. The number of thiazole rings is 1. The van der Waals surface area contributed by atoms with E-state index < -0.39 is 0 Å². The topological polar surface area (TPSA) is 58.5 Å². The second kappa shape index (κ2) is 9.32. The highest BCUT2D eigenvalue weighted by molar-refractivity contribution is 7.09. The summed E-state index contributed by atoms with van der Waals surface area (Å²) >= 11 is 19.6. The molecule has 1 aromatic carbocycles. The SMILES string of the molecule is CN=C(NCCOc1c(Cl)cc(Cl)cc1Cl)NCc1scnc1C. The summed E-state index contributed by atoms with van der Waals surface area (Å²) in [5.41, 5.74) is 2.86.